The van der Waals surface area contributed by atoms with E-state index in [4.69, 9.17) is 4.42 Å². The lowest BCUT2D eigenvalue weighted by molar-refractivity contribution is -0.127. The second-order valence-electron chi connectivity index (χ2n) is 7.50. The van der Waals surface area contributed by atoms with Crippen LogP contribution < -0.4 is 4.90 Å². The highest BCUT2D eigenvalue weighted by molar-refractivity contribution is 7.99. The molecule has 146 valence electrons. The molecule has 2 aromatic heterocycles. The number of amides is 1. The molecule has 0 radical (unpaired) electrons. The van der Waals surface area contributed by atoms with Gasteiger partial charge in [0.2, 0.25) is 11.9 Å². The third kappa shape index (κ3) is 4.66. The third-order valence-corrected chi connectivity index (χ3v) is 6.16. The van der Waals surface area contributed by atoms with Gasteiger partial charge in [0, 0.05) is 26.7 Å². The van der Waals surface area contributed by atoms with E-state index in [0.29, 0.717) is 18.2 Å². The standard InChI is InChI=1S/C19H27N5O2S/c1-22(12-15-7-8-15)17(25)14-27-19-21-20-18(23-9-3-2-4-10-23)24(19)13-16-6-5-11-26-16/h5-6,11,15H,2-4,7-10,12-14H2,1H3. The first kappa shape index (κ1) is 18.4. The summed E-state index contributed by atoms with van der Waals surface area (Å²) in [5.74, 6) is 3.00. The largest absolute Gasteiger partial charge is 0.467 e. The predicted molar refractivity (Wildman–Crippen MR) is 105 cm³/mol. The van der Waals surface area contributed by atoms with Crippen molar-refractivity contribution in [1.29, 1.82) is 0 Å². The summed E-state index contributed by atoms with van der Waals surface area (Å²) in [4.78, 5) is 16.6. The van der Waals surface area contributed by atoms with Crippen LogP contribution in [0, 0.1) is 5.92 Å². The molecule has 0 bridgehead atoms. The Morgan fingerprint density at radius 2 is 2.11 bits per heavy atom. The van der Waals surface area contributed by atoms with Gasteiger partial charge < -0.3 is 14.2 Å². The summed E-state index contributed by atoms with van der Waals surface area (Å²) in [5, 5.41) is 9.63. The van der Waals surface area contributed by atoms with Crippen LogP contribution in [0.3, 0.4) is 0 Å². The Kier molecular flexibility index (Phi) is 5.71. The first-order valence-corrected chi connectivity index (χ1v) is 10.8. The first-order chi connectivity index (χ1) is 13.2. The number of furan rings is 1. The minimum absolute atomic E-state index is 0.152. The molecule has 1 amide bonds. The van der Waals surface area contributed by atoms with Gasteiger partial charge in [-0.1, -0.05) is 11.8 Å². The van der Waals surface area contributed by atoms with E-state index in [1.165, 1.54) is 43.9 Å². The lowest BCUT2D eigenvalue weighted by Crippen LogP contribution is -2.32. The van der Waals surface area contributed by atoms with Crippen molar-refractivity contribution < 1.29 is 9.21 Å². The van der Waals surface area contributed by atoms with Crippen LogP contribution in [0.5, 0.6) is 0 Å². The monoisotopic (exact) mass is 389 g/mol. The van der Waals surface area contributed by atoms with E-state index in [0.717, 1.165) is 36.5 Å². The first-order valence-electron chi connectivity index (χ1n) is 9.78. The van der Waals surface area contributed by atoms with Gasteiger partial charge in [0.15, 0.2) is 5.16 Å². The maximum absolute atomic E-state index is 12.4. The number of anilines is 1. The molecule has 1 saturated heterocycles. The lowest BCUT2D eigenvalue weighted by atomic mass is 10.1. The molecule has 2 aliphatic rings. The molecule has 0 atom stereocenters. The quantitative estimate of drug-likeness (QED) is 0.647. The van der Waals surface area contributed by atoms with Gasteiger partial charge >= 0.3 is 0 Å². The zero-order valence-corrected chi connectivity index (χ0v) is 16.7. The predicted octanol–water partition coefficient (Wildman–Crippen LogP) is 2.87. The number of hydrogen-bond acceptors (Lipinski definition) is 6. The maximum Gasteiger partial charge on any atom is 0.232 e. The zero-order valence-electron chi connectivity index (χ0n) is 15.8. The molecule has 1 saturated carbocycles. The van der Waals surface area contributed by atoms with Gasteiger partial charge in [-0.05, 0) is 50.2 Å². The van der Waals surface area contributed by atoms with Gasteiger partial charge in [-0.15, -0.1) is 10.2 Å². The molecule has 3 heterocycles. The molecular weight excluding hydrogens is 362 g/mol. The Morgan fingerprint density at radius 3 is 2.81 bits per heavy atom. The molecule has 27 heavy (non-hydrogen) atoms. The number of carbonyl (C=O) groups is 1. The second-order valence-corrected chi connectivity index (χ2v) is 8.44. The minimum atomic E-state index is 0.152. The van der Waals surface area contributed by atoms with E-state index < -0.39 is 0 Å². The molecule has 4 rings (SSSR count). The summed E-state index contributed by atoms with van der Waals surface area (Å²) in [6, 6.07) is 3.85. The summed E-state index contributed by atoms with van der Waals surface area (Å²) in [7, 11) is 1.90. The highest BCUT2D eigenvalue weighted by atomic mass is 32.2. The Labute approximate surface area is 164 Å². The highest BCUT2D eigenvalue weighted by Crippen LogP contribution is 2.30. The summed E-state index contributed by atoms with van der Waals surface area (Å²) in [5.41, 5.74) is 0. The minimum Gasteiger partial charge on any atom is -0.467 e. The average Bonchev–Trinajstić information content (AvgIpc) is 3.19. The van der Waals surface area contributed by atoms with Crippen LogP contribution in [0.4, 0.5) is 5.95 Å². The van der Waals surface area contributed by atoms with Gasteiger partial charge in [0.05, 0.1) is 18.6 Å². The lowest BCUT2D eigenvalue weighted by Gasteiger charge is -2.27. The number of piperidine rings is 1. The Balaban J connectivity index is 1.46. The zero-order chi connectivity index (χ0) is 18.6. The van der Waals surface area contributed by atoms with E-state index in [2.05, 4.69) is 19.7 Å². The Morgan fingerprint density at radius 1 is 1.30 bits per heavy atom. The fourth-order valence-electron chi connectivity index (χ4n) is 3.44. The van der Waals surface area contributed by atoms with Gasteiger partial charge in [-0.3, -0.25) is 9.36 Å². The van der Waals surface area contributed by atoms with Crippen LogP contribution in [0.2, 0.25) is 0 Å². The van der Waals surface area contributed by atoms with Crippen molar-refractivity contribution in [2.24, 2.45) is 5.92 Å². The van der Waals surface area contributed by atoms with Crippen LogP contribution in [0.15, 0.2) is 28.0 Å². The highest BCUT2D eigenvalue weighted by Gasteiger charge is 2.26. The topological polar surface area (TPSA) is 67.4 Å². The van der Waals surface area contributed by atoms with Crippen molar-refractivity contribution in [3.63, 3.8) is 0 Å². The van der Waals surface area contributed by atoms with Crippen LogP contribution in [0.25, 0.3) is 0 Å². The SMILES string of the molecule is CN(CC1CC1)C(=O)CSc1nnc(N2CCCCC2)n1Cc1ccco1. The molecule has 7 nitrogen and oxygen atoms in total. The van der Waals surface area contributed by atoms with Crippen molar-refractivity contribution >= 4 is 23.6 Å². The van der Waals surface area contributed by atoms with Crippen molar-refractivity contribution in [2.75, 3.05) is 37.3 Å². The smallest absolute Gasteiger partial charge is 0.232 e. The molecule has 8 heteroatoms. The number of aromatic nitrogens is 3. The fraction of sp³-hybridized carbons (Fsp3) is 0.632. The normalized spacial score (nSPS) is 17.3. The van der Waals surface area contributed by atoms with Crippen LogP contribution >= 0.6 is 11.8 Å². The maximum atomic E-state index is 12.4. The fourth-order valence-corrected chi connectivity index (χ4v) is 4.31. The van der Waals surface area contributed by atoms with Crippen LogP contribution in [-0.4, -0.2) is 58.0 Å². The van der Waals surface area contributed by atoms with Crippen LogP contribution in [-0.2, 0) is 11.3 Å². The Hall–Kier alpha value is -1.96. The van der Waals surface area contributed by atoms with E-state index in [1.54, 1.807) is 6.26 Å². The average molecular weight is 390 g/mol. The number of thioether (sulfide) groups is 1. The molecule has 1 aliphatic heterocycles. The van der Waals surface area contributed by atoms with E-state index in [-0.39, 0.29) is 5.91 Å². The number of hydrogen-bond donors (Lipinski definition) is 0. The van der Waals surface area contributed by atoms with Gasteiger partial charge in [-0.2, -0.15) is 0 Å². The van der Waals surface area contributed by atoms with Crippen molar-refractivity contribution in [3.8, 4) is 0 Å². The summed E-state index contributed by atoms with van der Waals surface area (Å²) in [6.45, 7) is 3.46. The second kappa shape index (κ2) is 8.37. The number of carbonyl (C=O) groups excluding carboxylic acids is 1. The number of nitrogens with zero attached hydrogens (tertiary/aromatic N) is 5. The molecule has 0 spiro atoms. The molecule has 0 aromatic carbocycles. The molecule has 2 aromatic rings. The molecule has 0 N–H and O–H groups in total. The van der Waals surface area contributed by atoms with E-state index >= 15 is 0 Å². The van der Waals surface area contributed by atoms with Crippen molar-refractivity contribution in [2.45, 2.75) is 43.8 Å². The van der Waals surface area contributed by atoms with Gasteiger partial charge in [0.1, 0.15) is 5.76 Å². The summed E-state index contributed by atoms with van der Waals surface area (Å²) in [6.07, 6.45) is 7.82. The summed E-state index contributed by atoms with van der Waals surface area (Å²) >= 11 is 1.47. The van der Waals surface area contributed by atoms with Crippen molar-refractivity contribution in [3.05, 3.63) is 24.2 Å². The van der Waals surface area contributed by atoms with E-state index in [9.17, 15) is 4.79 Å². The third-order valence-electron chi connectivity index (χ3n) is 5.21. The van der Waals surface area contributed by atoms with Crippen molar-refractivity contribution in [1.82, 2.24) is 19.7 Å². The van der Waals surface area contributed by atoms with Gasteiger partial charge in [0.25, 0.3) is 0 Å². The molecule has 1 aliphatic carbocycles. The molecule has 0 unspecified atom stereocenters. The van der Waals surface area contributed by atoms with Gasteiger partial charge in [-0.25, -0.2) is 0 Å². The Bertz CT molecular complexity index is 750. The van der Waals surface area contributed by atoms with E-state index in [1.807, 2.05) is 24.1 Å². The number of rotatable bonds is 8. The molecule has 2 fully saturated rings. The van der Waals surface area contributed by atoms with Crippen LogP contribution in [0.1, 0.15) is 37.9 Å². The summed E-state index contributed by atoms with van der Waals surface area (Å²) < 4.78 is 7.63. The molecular formula is C19H27N5O2S.